The minimum atomic E-state index is -0.272. The number of ether oxygens (including phenoxy) is 1. The van der Waals surface area contributed by atoms with Gasteiger partial charge in [0.15, 0.2) is 5.65 Å². The fraction of sp³-hybridized carbons (Fsp3) is 0.346. The highest BCUT2D eigenvalue weighted by Crippen LogP contribution is 2.22. The third-order valence-corrected chi connectivity index (χ3v) is 6.35. The average Bonchev–Trinajstić information content (AvgIpc) is 3.25. The number of aromatic nitrogens is 3. The summed E-state index contributed by atoms with van der Waals surface area (Å²) in [5.41, 5.74) is 3.07. The lowest BCUT2D eigenvalue weighted by atomic mass is 10.1. The van der Waals surface area contributed by atoms with Gasteiger partial charge in [0.2, 0.25) is 0 Å². The molecule has 0 radical (unpaired) electrons. The molecule has 0 aliphatic carbocycles. The van der Waals surface area contributed by atoms with Crippen molar-refractivity contribution in [3.8, 4) is 5.75 Å². The number of urea groups is 1. The molecule has 0 atom stereocenters. The van der Waals surface area contributed by atoms with Crippen LogP contribution < -0.4 is 15.7 Å². The van der Waals surface area contributed by atoms with Crippen LogP contribution in [0.5, 0.6) is 5.75 Å². The number of imidazole rings is 1. The van der Waals surface area contributed by atoms with Crippen molar-refractivity contribution in [2.24, 2.45) is 0 Å². The van der Waals surface area contributed by atoms with Gasteiger partial charge < -0.3 is 19.9 Å². The highest BCUT2D eigenvalue weighted by molar-refractivity contribution is 5.90. The first kappa shape index (κ1) is 22.9. The topological polar surface area (TPSA) is 106 Å². The van der Waals surface area contributed by atoms with Crippen LogP contribution in [0, 0.1) is 0 Å². The highest BCUT2D eigenvalue weighted by Gasteiger charge is 2.20. The summed E-state index contributed by atoms with van der Waals surface area (Å²) in [4.78, 5) is 38.1. The molecule has 3 heterocycles. The number of nitrogens with zero attached hydrogens (tertiary/aromatic N) is 3. The number of nitrogens with one attached hydrogen (secondary N) is 3. The van der Waals surface area contributed by atoms with E-state index in [9.17, 15) is 9.59 Å². The Morgan fingerprint density at radius 3 is 2.69 bits per heavy atom. The molecule has 1 aliphatic heterocycles. The summed E-state index contributed by atoms with van der Waals surface area (Å²) in [5.74, 6) is 0.731. The first-order valence-electron chi connectivity index (χ1n) is 12.1. The number of pyridine rings is 1. The fourth-order valence-corrected chi connectivity index (χ4v) is 4.37. The summed E-state index contributed by atoms with van der Waals surface area (Å²) in [7, 11) is 0. The third kappa shape index (κ3) is 5.81. The number of benzene rings is 2. The maximum atomic E-state index is 12.5. The molecule has 1 fully saturated rings. The normalized spacial score (nSPS) is 14.5. The van der Waals surface area contributed by atoms with Crippen molar-refractivity contribution >= 4 is 28.1 Å². The molecule has 0 bridgehead atoms. The maximum Gasteiger partial charge on any atom is 0.325 e. The molecule has 1 saturated heterocycles. The van der Waals surface area contributed by atoms with Crippen molar-refractivity contribution in [2.45, 2.75) is 12.8 Å². The molecule has 0 saturated carbocycles. The second-order valence-corrected chi connectivity index (χ2v) is 8.82. The van der Waals surface area contributed by atoms with Gasteiger partial charge >= 0.3 is 11.7 Å². The lowest BCUT2D eigenvalue weighted by molar-refractivity contribution is 0.140. The van der Waals surface area contributed by atoms with E-state index in [1.54, 1.807) is 0 Å². The number of fused-ring (bicyclic) bond motifs is 2. The molecule has 9 heteroatoms. The summed E-state index contributed by atoms with van der Waals surface area (Å²) >= 11 is 0. The van der Waals surface area contributed by atoms with Crippen LogP contribution in [-0.4, -0.2) is 76.7 Å². The first-order valence-corrected chi connectivity index (χ1v) is 12.1. The molecule has 182 valence electrons. The lowest BCUT2D eigenvalue weighted by Crippen LogP contribution is -2.52. The minimum absolute atomic E-state index is 0.00555. The molecule has 2 amide bonds. The van der Waals surface area contributed by atoms with Crippen molar-refractivity contribution in [1.82, 2.24) is 30.1 Å². The van der Waals surface area contributed by atoms with E-state index in [0.717, 1.165) is 55.8 Å². The van der Waals surface area contributed by atoms with Crippen LogP contribution >= 0.6 is 0 Å². The fourth-order valence-electron chi connectivity index (χ4n) is 4.37. The van der Waals surface area contributed by atoms with E-state index >= 15 is 0 Å². The number of hydrogen-bond acceptors (Lipinski definition) is 5. The van der Waals surface area contributed by atoms with Gasteiger partial charge in [-0.2, -0.15) is 0 Å². The van der Waals surface area contributed by atoms with Crippen molar-refractivity contribution in [3.05, 3.63) is 70.6 Å². The van der Waals surface area contributed by atoms with Crippen LogP contribution in [0.25, 0.3) is 22.1 Å². The van der Waals surface area contributed by atoms with Crippen LogP contribution in [-0.2, 0) is 6.42 Å². The number of aromatic amines is 2. The Balaban J connectivity index is 1.01. The van der Waals surface area contributed by atoms with Gasteiger partial charge in [-0.15, -0.1) is 0 Å². The molecule has 35 heavy (non-hydrogen) atoms. The predicted molar refractivity (Wildman–Crippen MR) is 136 cm³/mol. The van der Waals surface area contributed by atoms with Crippen LogP contribution in [0.4, 0.5) is 4.79 Å². The molecule has 2 aromatic heterocycles. The Morgan fingerprint density at radius 2 is 1.86 bits per heavy atom. The number of amides is 2. The van der Waals surface area contributed by atoms with Gasteiger partial charge in [0.25, 0.3) is 0 Å². The van der Waals surface area contributed by atoms with Crippen LogP contribution in [0.15, 0.2) is 59.4 Å². The highest BCUT2D eigenvalue weighted by atomic mass is 16.5. The summed E-state index contributed by atoms with van der Waals surface area (Å²) in [6.07, 6.45) is 1.75. The third-order valence-electron chi connectivity index (χ3n) is 6.35. The van der Waals surface area contributed by atoms with Crippen LogP contribution in [0.3, 0.4) is 0 Å². The Hall–Kier alpha value is -3.85. The molecular weight excluding hydrogens is 444 g/mol. The van der Waals surface area contributed by atoms with E-state index in [1.165, 1.54) is 5.56 Å². The van der Waals surface area contributed by atoms with E-state index in [0.29, 0.717) is 30.7 Å². The number of rotatable bonds is 8. The summed E-state index contributed by atoms with van der Waals surface area (Å²) in [6, 6.07) is 18.0. The smallest absolute Gasteiger partial charge is 0.325 e. The second-order valence-electron chi connectivity index (χ2n) is 8.82. The Morgan fingerprint density at radius 1 is 1.03 bits per heavy atom. The van der Waals surface area contributed by atoms with E-state index in [-0.39, 0.29) is 11.7 Å². The molecule has 0 spiro atoms. The quantitative estimate of drug-likeness (QED) is 0.341. The van der Waals surface area contributed by atoms with Gasteiger partial charge in [-0.25, -0.2) is 14.6 Å². The van der Waals surface area contributed by atoms with Crippen molar-refractivity contribution in [1.29, 1.82) is 0 Å². The Labute approximate surface area is 203 Å². The molecule has 4 aromatic rings. The van der Waals surface area contributed by atoms with E-state index < -0.39 is 0 Å². The zero-order valence-corrected chi connectivity index (χ0v) is 19.6. The number of H-pyrrole nitrogens is 2. The van der Waals surface area contributed by atoms with Crippen LogP contribution in [0.1, 0.15) is 12.0 Å². The number of carbonyl (C=O) groups is 1. The monoisotopic (exact) mass is 474 g/mol. The van der Waals surface area contributed by atoms with E-state index in [2.05, 4.69) is 49.4 Å². The van der Waals surface area contributed by atoms with Gasteiger partial charge in [0, 0.05) is 44.7 Å². The van der Waals surface area contributed by atoms with Crippen molar-refractivity contribution in [3.63, 3.8) is 0 Å². The second kappa shape index (κ2) is 10.6. The van der Waals surface area contributed by atoms with Gasteiger partial charge in [0.1, 0.15) is 5.75 Å². The largest absolute Gasteiger partial charge is 0.494 e. The molecule has 2 aromatic carbocycles. The Kier molecular flexibility index (Phi) is 6.94. The summed E-state index contributed by atoms with van der Waals surface area (Å²) in [6.45, 7) is 5.40. The zero-order valence-electron chi connectivity index (χ0n) is 19.6. The summed E-state index contributed by atoms with van der Waals surface area (Å²) in [5, 5.41) is 3.89. The number of piperazine rings is 1. The molecule has 1 aliphatic rings. The zero-order chi connectivity index (χ0) is 24.0. The molecule has 5 rings (SSSR count). The lowest BCUT2D eigenvalue weighted by Gasteiger charge is -2.34. The number of hydrogen-bond donors (Lipinski definition) is 3. The number of carbonyl (C=O) groups excluding carboxylic acids is 1. The maximum absolute atomic E-state index is 12.5. The standard InChI is InChI=1S/C26H30N6O3/c33-25-29-23-18-20-17-21(7-8-22(20)28-24(23)30-25)35-16-4-10-27-26(34)32-14-12-31(13-15-32)11-9-19-5-2-1-3-6-19/h1-3,5-8,17-18H,4,9-16H2,(H,27,34)(H2,28,29,30,33). The van der Waals surface area contributed by atoms with Gasteiger partial charge in [-0.1, -0.05) is 30.3 Å². The van der Waals surface area contributed by atoms with Crippen molar-refractivity contribution in [2.75, 3.05) is 45.9 Å². The van der Waals surface area contributed by atoms with Crippen molar-refractivity contribution < 1.29 is 9.53 Å². The van der Waals surface area contributed by atoms with Gasteiger partial charge in [0.05, 0.1) is 17.6 Å². The van der Waals surface area contributed by atoms with Gasteiger partial charge in [-0.3, -0.25) is 9.88 Å². The van der Waals surface area contributed by atoms with Crippen LogP contribution in [0.2, 0.25) is 0 Å². The molecule has 3 N–H and O–H groups in total. The predicted octanol–water partition coefficient (Wildman–Crippen LogP) is 2.74. The summed E-state index contributed by atoms with van der Waals surface area (Å²) < 4.78 is 5.86. The SMILES string of the molecule is O=C(NCCCOc1ccc2nc3[nH]c(=O)[nH]c3cc2c1)N1CCN(CCc2ccccc2)CC1. The molecular formula is C26H30N6O3. The Bertz CT molecular complexity index is 1340. The molecule has 9 nitrogen and oxygen atoms in total. The minimum Gasteiger partial charge on any atom is -0.494 e. The first-order chi connectivity index (χ1) is 17.1. The van der Waals surface area contributed by atoms with E-state index in [4.69, 9.17) is 4.74 Å². The van der Waals surface area contributed by atoms with Gasteiger partial charge in [-0.05, 0) is 42.7 Å². The average molecular weight is 475 g/mol. The van der Waals surface area contributed by atoms with E-state index in [1.807, 2.05) is 35.2 Å². The molecule has 0 unspecified atom stereocenters.